The Bertz CT molecular complexity index is 403. The van der Waals surface area contributed by atoms with Crippen molar-refractivity contribution in [1.82, 2.24) is 5.32 Å². The Morgan fingerprint density at radius 3 is 1.63 bits per heavy atom. The van der Waals surface area contributed by atoms with Crippen LogP contribution in [0.15, 0.2) is 0 Å². The molecule has 0 spiro atoms. The van der Waals surface area contributed by atoms with Crippen LogP contribution in [0.25, 0.3) is 0 Å². The van der Waals surface area contributed by atoms with E-state index >= 15 is 0 Å². The molecule has 0 aromatic carbocycles. The van der Waals surface area contributed by atoms with Gasteiger partial charge >= 0.3 is 0 Å². The highest BCUT2D eigenvalue weighted by Crippen LogP contribution is 2.41. The lowest BCUT2D eigenvalue weighted by atomic mass is 9.72. The van der Waals surface area contributed by atoms with Crippen molar-refractivity contribution >= 4 is 0 Å². The molecule has 0 bridgehead atoms. The van der Waals surface area contributed by atoms with E-state index in [-0.39, 0.29) is 11.2 Å². The zero-order chi connectivity index (χ0) is 23.3. The number of hydrogen-bond donors (Lipinski definition) is 1. The Hall–Kier alpha value is -0.120. The monoisotopic (exact) mass is 427 g/mol. The molecule has 0 aromatic rings. The minimum Gasteiger partial charge on any atom is -0.378 e. The lowest BCUT2D eigenvalue weighted by molar-refractivity contribution is -0.149. The molecule has 182 valence electrons. The molecule has 0 radical (unpaired) electrons. The molecular weight excluding hydrogens is 370 g/mol. The third kappa shape index (κ3) is 7.78. The van der Waals surface area contributed by atoms with E-state index in [2.05, 4.69) is 67.8 Å². The van der Waals surface area contributed by atoms with Gasteiger partial charge in [0, 0.05) is 13.0 Å². The molecule has 0 amide bonds. The Balaban J connectivity index is 5.62. The number of rotatable bonds is 19. The van der Waals surface area contributed by atoms with Crippen LogP contribution >= 0.6 is 0 Å². The van der Waals surface area contributed by atoms with E-state index in [1.807, 2.05) is 7.11 Å². The summed E-state index contributed by atoms with van der Waals surface area (Å²) < 4.78 is 13.1. The van der Waals surface area contributed by atoms with Gasteiger partial charge in [-0.2, -0.15) is 0 Å². The summed E-state index contributed by atoms with van der Waals surface area (Å²) in [5.41, 5.74) is 0.353. The van der Waals surface area contributed by atoms with Gasteiger partial charge in [-0.3, -0.25) is 0 Å². The first-order valence-electron chi connectivity index (χ1n) is 13.1. The lowest BCUT2D eigenvalue weighted by Crippen LogP contribution is -2.47. The molecule has 1 unspecified atom stereocenters. The SMILES string of the molecule is CCC(COC(CC)(CC)[C@@H](CCNC)CCC(C)(CC)CC)C(CC)(CC)OC. The number of nitrogens with one attached hydrogen (secondary N) is 1. The zero-order valence-corrected chi connectivity index (χ0v) is 22.5. The molecule has 30 heavy (non-hydrogen) atoms. The van der Waals surface area contributed by atoms with Gasteiger partial charge in [0.1, 0.15) is 0 Å². The van der Waals surface area contributed by atoms with Gasteiger partial charge < -0.3 is 14.8 Å². The van der Waals surface area contributed by atoms with E-state index in [1.165, 1.54) is 32.1 Å². The normalized spacial score (nSPS) is 15.4. The van der Waals surface area contributed by atoms with Crippen LogP contribution in [0.2, 0.25) is 0 Å². The molecule has 3 heteroatoms. The molecule has 0 saturated heterocycles. The third-order valence-corrected chi connectivity index (χ3v) is 8.90. The minimum absolute atomic E-state index is 0.0341. The van der Waals surface area contributed by atoms with Crippen molar-refractivity contribution in [1.29, 1.82) is 0 Å². The van der Waals surface area contributed by atoms with Gasteiger partial charge in [0.15, 0.2) is 0 Å². The first kappa shape index (κ1) is 29.9. The van der Waals surface area contributed by atoms with Crippen LogP contribution in [0.4, 0.5) is 0 Å². The van der Waals surface area contributed by atoms with Crippen molar-refractivity contribution < 1.29 is 9.47 Å². The van der Waals surface area contributed by atoms with Gasteiger partial charge in [-0.25, -0.2) is 0 Å². The highest BCUT2D eigenvalue weighted by Gasteiger charge is 2.41. The summed E-state index contributed by atoms with van der Waals surface area (Å²) in [5.74, 6) is 1.03. The second-order valence-electron chi connectivity index (χ2n) is 9.81. The summed E-state index contributed by atoms with van der Waals surface area (Å²) in [6, 6.07) is 0. The fourth-order valence-electron chi connectivity index (χ4n) is 5.46. The highest BCUT2D eigenvalue weighted by atomic mass is 16.5. The maximum absolute atomic E-state index is 6.98. The zero-order valence-electron chi connectivity index (χ0n) is 22.5. The van der Waals surface area contributed by atoms with Crippen LogP contribution in [-0.4, -0.2) is 38.5 Å². The van der Waals surface area contributed by atoms with E-state index in [4.69, 9.17) is 9.47 Å². The van der Waals surface area contributed by atoms with Crippen molar-refractivity contribution in [3.8, 4) is 0 Å². The molecule has 0 rings (SSSR count). The smallest absolute Gasteiger partial charge is 0.0723 e. The molecule has 0 aliphatic rings. The first-order chi connectivity index (χ1) is 14.3. The first-order valence-corrected chi connectivity index (χ1v) is 13.1. The van der Waals surface area contributed by atoms with Crippen LogP contribution in [-0.2, 0) is 9.47 Å². The summed E-state index contributed by atoms with van der Waals surface area (Å²) >= 11 is 0. The van der Waals surface area contributed by atoms with E-state index in [0.29, 0.717) is 17.3 Å². The van der Waals surface area contributed by atoms with E-state index in [0.717, 1.165) is 45.3 Å². The maximum Gasteiger partial charge on any atom is 0.0723 e. The van der Waals surface area contributed by atoms with Crippen LogP contribution in [0.5, 0.6) is 0 Å². The van der Waals surface area contributed by atoms with Crippen LogP contribution in [0, 0.1) is 17.3 Å². The van der Waals surface area contributed by atoms with Crippen molar-refractivity contribution in [2.75, 3.05) is 27.3 Å². The maximum atomic E-state index is 6.98. The molecule has 0 saturated carbocycles. The van der Waals surface area contributed by atoms with Crippen molar-refractivity contribution in [2.45, 2.75) is 131 Å². The number of ether oxygens (including phenoxy) is 2. The van der Waals surface area contributed by atoms with Gasteiger partial charge in [0.25, 0.3) is 0 Å². The molecule has 0 heterocycles. The van der Waals surface area contributed by atoms with Gasteiger partial charge in [-0.15, -0.1) is 0 Å². The molecular formula is C27H57NO2. The summed E-state index contributed by atoms with van der Waals surface area (Å²) in [4.78, 5) is 0. The molecule has 3 nitrogen and oxygen atoms in total. The summed E-state index contributed by atoms with van der Waals surface area (Å²) in [6.45, 7) is 20.5. The van der Waals surface area contributed by atoms with Gasteiger partial charge in [-0.1, -0.05) is 68.2 Å². The van der Waals surface area contributed by atoms with E-state index in [9.17, 15) is 0 Å². The Labute approximate surface area is 190 Å². The molecule has 0 aliphatic heterocycles. The van der Waals surface area contributed by atoms with Crippen molar-refractivity contribution in [2.24, 2.45) is 17.3 Å². The molecule has 0 aromatic heterocycles. The summed E-state index contributed by atoms with van der Waals surface area (Å²) in [6.07, 6.45) is 11.6. The predicted molar refractivity (Wildman–Crippen MR) is 133 cm³/mol. The Kier molecular flexibility index (Phi) is 14.8. The molecule has 0 aliphatic carbocycles. The fourth-order valence-corrected chi connectivity index (χ4v) is 5.46. The average molecular weight is 428 g/mol. The quantitative estimate of drug-likeness (QED) is 0.230. The minimum atomic E-state index is -0.0641. The van der Waals surface area contributed by atoms with Crippen LogP contribution < -0.4 is 5.32 Å². The third-order valence-electron chi connectivity index (χ3n) is 8.90. The predicted octanol–water partition coefficient (Wildman–Crippen LogP) is 7.63. The van der Waals surface area contributed by atoms with Crippen LogP contribution in [0.3, 0.4) is 0 Å². The summed E-state index contributed by atoms with van der Waals surface area (Å²) in [7, 11) is 3.96. The van der Waals surface area contributed by atoms with Crippen molar-refractivity contribution in [3.05, 3.63) is 0 Å². The second kappa shape index (κ2) is 14.9. The van der Waals surface area contributed by atoms with Gasteiger partial charge in [0.2, 0.25) is 0 Å². The Morgan fingerprint density at radius 2 is 1.27 bits per heavy atom. The van der Waals surface area contributed by atoms with E-state index in [1.54, 1.807) is 0 Å². The highest BCUT2D eigenvalue weighted by molar-refractivity contribution is 4.91. The largest absolute Gasteiger partial charge is 0.378 e. The van der Waals surface area contributed by atoms with Gasteiger partial charge in [0.05, 0.1) is 17.8 Å². The molecule has 2 atom stereocenters. The molecule has 1 N–H and O–H groups in total. The summed E-state index contributed by atoms with van der Waals surface area (Å²) in [5, 5.41) is 3.40. The van der Waals surface area contributed by atoms with E-state index < -0.39 is 0 Å². The Morgan fingerprint density at radius 1 is 0.733 bits per heavy atom. The average Bonchev–Trinajstić information content (AvgIpc) is 2.80. The topological polar surface area (TPSA) is 30.5 Å². The van der Waals surface area contributed by atoms with Crippen LogP contribution in [0.1, 0.15) is 120 Å². The van der Waals surface area contributed by atoms with Crippen molar-refractivity contribution in [3.63, 3.8) is 0 Å². The number of methoxy groups -OCH3 is 1. The fraction of sp³-hybridized carbons (Fsp3) is 1.00. The molecule has 0 fully saturated rings. The standard InChI is InChI=1S/C27H57NO2/c1-11-23(26(14-4,15-5)29-10)22-30-27(16-6,17-7)24(19-21-28-9)18-20-25(8,12-2)13-3/h23-24,28H,11-22H2,1-10H3/t23?,24-/m1/s1. The second-order valence-corrected chi connectivity index (χ2v) is 9.81. The van der Waals surface area contributed by atoms with Gasteiger partial charge in [-0.05, 0) is 76.3 Å². The lowest BCUT2D eigenvalue weighted by Gasteiger charge is -2.45. The number of hydrogen-bond acceptors (Lipinski definition) is 3.